The van der Waals surface area contributed by atoms with Gasteiger partial charge in [0, 0.05) is 11.9 Å². The molecule has 0 fully saturated rings. The molecule has 0 N–H and O–H groups in total. The van der Waals surface area contributed by atoms with E-state index in [1.807, 2.05) is 0 Å². The van der Waals surface area contributed by atoms with Gasteiger partial charge in [0.05, 0.1) is 6.33 Å². The second kappa shape index (κ2) is 3.69. The first-order chi connectivity index (χ1) is 6.45. The number of imidazole rings is 1. The molecule has 1 aromatic rings. The van der Waals surface area contributed by atoms with Gasteiger partial charge in [-0.2, -0.15) is 13.2 Å². The third-order valence-electron chi connectivity index (χ3n) is 1.64. The molecule has 0 aliphatic carbocycles. The van der Waals surface area contributed by atoms with E-state index in [4.69, 9.17) is 0 Å². The van der Waals surface area contributed by atoms with Gasteiger partial charge in [0.25, 0.3) is 0 Å². The average Bonchev–Trinajstić information content (AvgIpc) is 2.51. The molecule has 0 bridgehead atoms. The molecule has 0 radical (unpaired) electrons. The third kappa shape index (κ3) is 2.25. The Labute approximate surface area is 79.4 Å². The number of alkyl halides is 3. The molecule has 0 unspecified atom stereocenters. The normalized spacial score (nSPS) is 13.0. The Hall–Kier alpha value is -1.52. The zero-order valence-corrected chi connectivity index (χ0v) is 7.54. The van der Waals surface area contributed by atoms with Crippen LogP contribution in [0.2, 0.25) is 0 Å². The van der Waals surface area contributed by atoms with E-state index < -0.39 is 11.9 Å². The van der Waals surface area contributed by atoms with Crippen molar-refractivity contribution in [3.63, 3.8) is 0 Å². The number of rotatable bonds is 2. The van der Waals surface area contributed by atoms with Crippen LogP contribution < -0.4 is 0 Å². The van der Waals surface area contributed by atoms with E-state index in [9.17, 15) is 13.2 Å². The molecule has 14 heavy (non-hydrogen) atoms. The van der Waals surface area contributed by atoms with Crippen molar-refractivity contribution in [1.29, 1.82) is 0 Å². The first kappa shape index (κ1) is 10.6. The monoisotopic (exact) mass is 202 g/mol. The van der Waals surface area contributed by atoms with Gasteiger partial charge in [-0.25, -0.2) is 4.98 Å². The fourth-order valence-corrected chi connectivity index (χ4v) is 0.919. The lowest BCUT2D eigenvalue weighted by molar-refractivity contribution is -0.140. The highest BCUT2D eigenvalue weighted by Gasteiger charge is 2.33. The molecular weight excluding hydrogens is 193 g/mol. The fourth-order valence-electron chi connectivity index (χ4n) is 0.919. The number of allylic oxidation sites excluding steroid dienone is 3. The van der Waals surface area contributed by atoms with Crippen molar-refractivity contribution in [2.75, 3.05) is 0 Å². The van der Waals surface area contributed by atoms with E-state index in [2.05, 4.69) is 11.6 Å². The predicted octanol–water partition coefficient (Wildman–Crippen LogP) is 2.95. The standard InChI is InChI=1S/C9H9F3N2/c1-3-4-7(2)14-5-8(13-6-14)9(10,11)12/h3-6H,1H2,2H3/b7-4+. The van der Waals surface area contributed by atoms with Crippen LogP contribution in [0.3, 0.4) is 0 Å². The summed E-state index contributed by atoms with van der Waals surface area (Å²) in [5.74, 6) is 0. The topological polar surface area (TPSA) is 17.8 Å². The number of aromatic nitrogens is 2. The zero-order valence-electron chi connectivity index (χ0n) is 7.54. The largest absolute Gasteiger partial charge is 0.434 e. The first-order valence-electron chi connectivity index (χ1n) is 3.86. The van der Waals surface area contributed by atoms with Gasteiger partial charge in [-0.1, -0.05) is 12.7 Å². The van der Waals surface area contributed by atoms with Crippen LogP contribution in [-0.2, 0) is 6.18 Å². The van der Waals surface area contributed by atoms with Gasteiger partial charge >= 0.3 is 6.18 Å². The lowest BCUT2D eigenvalue weighted by Gasteiger charge is -2.01. The maximum Gasteiger partial charge on any atom is 0.434 e. The second-order valence-corrected chi connectivity index (χ2v) is 2.71. The summed E-state index contributed by atoms with van der Waals surface area (Å²) in [4.78, 5) is 3.25. The van der Waals surface area contributed by atoms with Gasteiger partial charge in [0.1, 0.15) is 0 Å². The van der Waals surface area contributed by atoms with Gasteiger partial charge in [0.2, 0.25) is 0 Å². The second-order valence-electron chi connectivity index (χ2n) is 2.71. The van der Waals surface area contributed by atoms with Crippen LogP contribution in [-0.4, -0.2) is 9.55 Å². The van der Waals surface area contributed by atoms with Gasteiger partial charge in [-0.3, -0.25) is 0 Å². The average molecular weight is 202 g/mol. The lowest BCUT2D eigenvalue weighted by Crippen LogP contribution is -2.04. The minimum atomic E-state index is -4.39. The van der Waals surface area contributed by atoms with Crippen molar-refractivity contribution < 1.29 is 13.2 Å². The molecule has 1 heterocycles. The molecule has 1 rings (SSSR count). The van der Waals surface area contributed by atoms with Crippen molar-refractivity contribution in [3.05, 3.63) is 36.9 Å². The predicted molar refractivity (Wildman–Crippen MR) is 47.4 cm³/mol. The highest BCUT2D eigenvalue weighted by Crippen LogP contribution is 2.27. The van der Waals surface area contributed by atoms with E-state index in [-0.39, 0.29) is 0 Å². The Morgan fingerprint density at radius 2 is 2.21 bits per heavy atom. The lowest BCUT2D eigenvalue weighted by atomic mass is 10.4. The maximum absolute atomic E-state index is 12.1. The SMILES string of the molecule is C=C/C=C(\C)n1cnc(C(F)(F)F)c1. The van der Waals surface area contributed by atoms with Crippen LogP contribution >= 0.6 is 0 Å². The van der Waals surface area contributed by atoms with Crippen LogP contribution in [0.25, 0.3) is 5.70 Å². The smallest absolute Gasteiger partial charge is 0.310 e. The quantitative estimate of drug-likeness (QED) is 0.674. The van der Waals surface area contributed by atoms with Gasteiger partial charge in [-0.15, -0.1) is 0 Å². The number of hydrogen-bond donors (Lipinski definition) is 0. The summed E-state index contributed by atoms with van der Waals surface area (Å²) in [6.07, 6.45) is 0.775. The van der Waals surface area contributed by atoms with Crippen molar-refractivity contribution in [2.24, 2.45) is 0 Å². The molecule has 76 valence electrons. The summed E-state index contributed by atoms with van der Waals surface area (Å²) < 4.78 is 37.7. The molecule has 1 aromatic heterocycles. The molecule has 0 aromatic carbocycles. The molecular formula is C9H9F3N2. The summed E-state index contributed by atoms with van der Waals surface area (Å²) in [6, 6.07) is 0. The van der Waals surface area contributed by atoms with E-state index >= 15 is 0 Å². The minimum Gasteiger partial charge on any atom is -0.310 e. The highest BCUT2D eigenvalue weighted by atomic mass is 19.4. The summed E-state index contributed by atoms with van der Waals surface area (Å²) in [6.45, 7) is 5.12. The summed E-state index contributed by atoms with van der Waals surface area (Å²) >= 11 is 0. The van der Waals surface area contributed by atoms with Crippen LogP contribution in [0.5, 0.6) is 0 Å². The molecule has 0 amide bonds. The van der Waals surface area contributed by atoms with Crippen molar-refractivity contribution >= 4 is 5.70 Å². The van der Waals surface area contributed by atoms with Crippen molar-refractivity contribution in [2.45, 2.75) is 13.1 Å². The minimum absolute atomic E-state index is 0.628. The molecule has 5 heteroatoms. The van der Waals surface area contributed by atoms with E-state index in [0.29, 0.717) is 5.70 Å². The van der Waals surface area contributed by atoms with Gasteiger partial charge < -0.3 is 4.57 Å². The number of hydrogen-bond acceptors (Lipinski definition) is 1. The molecule has 0 saturated carbocycles. The number of nitrogens with zero attached hydrogens (tertiary/aromatic N) is 2. The fraction of sp³-hybridized carbons (Fsp3) is 0.222. The Morgan fingerprint density at radius 3 is 2.64 bits per heavy atom. The molecule has 0 aliphatic rings. The zero-order chi connectivity index (χ0) is 10.8. The Bertz CT molecular complexity index is 360. The van der Waals surface area contributed by atoms with Gasteiger partial charge in [-0.05, 0) is 13.0 Å². The van der Waals surface area contributed by atoms with Crippen molar-refractivity contribution in [3.8, 4) is 0 Å². The summed E-state index contributed by atoms with van der Waals surface area (Å²) in [5, 5.41) is 0. The summed E-state index contributed by atoms with van der Waals surface area (Å²) in [5.41, 5.74) is -0.266. The number of halogens is 3. The molecule has 0 atom stereocenters. The van der Waals surface area contributed by atoms with Crippen LogP contribution in [0, 0.1) is 0 Å². The molecule has 2 nitrogen and oxygen atoms in total. The Kier molecular flexibility index (Phi) is 2.78. The van der Waals surface area contributed by atoms with E-state index in [1.165, 1.54) is 10.6 Å². The van der Waals surface area contributed by atoms with Crippen molar-refractivity contribution in [1.82, 2.24) is 9.55 Å². The Balaban J connectivity index is 3.00. The van der Waals surface area contributed by atoms with Crippen LogP contribution in [0.4, 0.5) is 13.2 Å². The first-order valence-corrected chi connectivity index (χ1v) is 3.86. The highest BCUT2D eigenvalue weighted by molar-refractivity contribution is 5.44. The third-order valence-corrected chi connectivity index (χ3v) is 1.64. The maximum atomic E-state index is 12.1. The summed E-state index contributed by atoms with van der Waals surface area (Å²) in [7, 11) is 0. The van der Waals surface area contributed by atoms with Crippen LogP contribution in [0.15, 0.2) is 31.3 Å². The van der Waals surface area contributed by atoms with Crippen LogP contribution in [0.1, 0.15) is 12.6 Å². The Morgan fingerprint density at radius 1 is 1.57 bits per heavy atom. The van der Waals surface area contributed by atoms with E-state index in [1.54, 1.807) is 13.0 Å². The molecule has 0 spiro atoms. The van der Waals surface area contributed by atoms with E-state index in [0.717, 1.165) is 12.5 Å². The molecule has 0 aliphatic heterocycles. The molecule has 0 saturated heterocycles. The van der Waals surface area contributed by atoms with Gasteiger partial charge in [0.15, 0.2) is 5.69 Å².